The zero-order valence-electron chi connectivity index (χ0n) is 20.5. The van der Waals surface area contributed by atoms with Crippen molar-refractivity contribution in [1.82, 2.24) is 29.6 Å². The SMILES string of the molecule is CCN(C(=O)NC1(C(F)(F)F)CCC1)C(c1cc(-c2cn3ccnc3c(OC)n2)c(OC)cn1)C(F)(F)F. The number of carbonyl (C=O) groups excluding carboxylic acids is 1. The van der Waals surface area contributed by atoms with E-state index in [0.29, 0.717) is 5.65 Å². The van der Waals surface area contributed by atoms with Crippen LogP contribution in [-0.4, -0.2) is 68.9 Å². The molecule has 0 radical (unpaired) electrons. The van der Waals surface area contributed by atoms with Crippen molar-refractivity contribution in [3.63, 3.8) is 0 Å². The van der Waals surface area contributed by atoms with Crippen molar-refractivity contribution < 1.29 is 40.6 Å². The number of imidazole rings is 1. The Hall–Kier alpha value is -3.78. The third-order valence-corrected chi connectivity index (χ3v) is 6.52. The summed E-state index contributed by atoms with van der Waals surface area (Å²) in [6.07, 6.45) is -4.93. The van der Waals surface area contributed by atoms with Crippen LogP contribution < -0.4 is 14.8 Å². The Kier molecular flexibility index (Phi) is 7.05. The van der Waals surface area contributed by atoms with E-state index in [0.717, 1.165) is 12.3 Å². The predicted octanol–water partition coefficient (Wildman–Crippen LogP) is 4.93. The molecule has 3 aromatic rings. The highest BCUT2D eigenvalue weighted by molar-refractivity contribution is 5.76. The van der Waals surface area contributed by atoms with Crippen LogP contribution in [0.5, 0.6) is 11.6 Å². The number of nitrogens with zero attached hydrogens (tertiary/aromatic N) is 5. The Labute approximate surface area is 212 Å². The van der Waals surface area contributed by atoms with Crippen molar-refractivity contribution >= 4 is 11.7 Å². The first kappa shape index (κ1) is 27.3. The average molecular weight is 546 g/mol. The maximum Gasteiger partial charge on any atom is 0.414 e. The number of hydrogen-bond donors (Lipinski definition) is 1. The molecule has 0 bridgehead atoms. The smallest absolute Gasteiger partial charge is 0.414 e. The van der Waals surface area contributed by atoms with Gasteiger partial charge in [-0.25, -0.2) is 14.8 Å². The minimum Gasteiger partial charge on any atom is -0.494 e. The van der Waals surface area contributed by atoms with Crippen molar-refractivity contribution in [1.29, 1.82) is 0 Å². The standard InChI is InChI=1S/C23H24F6N6O3/c1-4-35(20(36)33-21(6-5-7-21)23(27,28)29)17(22(24,25)26)14-10-13(16(37-2)11-31-14)15-12-34-9-8-30-18(34)19(32-15)38-3/h8-12,17H,4-7H2,1-3H3,(H,33,36). The van der Waals surface area contributed by atoms with Crippen LogP contribution in [0.15, 0.2) is 30.9 Å². The van der Waals surface area contributed by atoms with E-state index in [1.807, 2.05) is 5.32 Å². The van der Waals surface area contributed by atoms with E-state index in [1.165, 1.54) is 33.5 Å². The minimum absolute atomic E-state index is 0.0710. The molecule has 1 atom stereocenters. The summed E-state index contributed by atoms with van der Waals surface area (Å²) in [4.78, 5) is 25.5. The lowest BCUT2D eigenvalue weighted by Crippen LogP contribution is -2.65. The maximum atomic E-state index is 14.4. The normalized spacial score (nSPS) is 16.0. The minimum atomic E-state index is -5.07. The van der Waals surface area contributed by atoms with Crippen molar-refractivity contribution in [2.75, 3.05) is 20.8 Å². The van der Waals surface area contributed by atoms with Crippen LogP contribution in [0.25, 0.3) is 16.9 Å². The van der Waals surface area contributed by atoms with Gasteiger partial charge in [0.15, 0.2) is 11.7 Å². The van der Waals surface area contributed by atoms with E-state index in [9.17, 15) is 31.1 Å². The van der Waals surface area contributed by atoms with Crippen molar-refractivity contribution in [2.45, 2.75) is 50.1 Å². The lowest BCUT2D eigenvalue weighted by atomic mass is 9.76. The fourth-order valence-corrected chi connectivity index (χ4v) is 4.37. The molecule has 1 fully saturated rings. The molecule has 3 aromatic heterocycles. The number of halogens is 6. The molecule has 0 aliphatic heterocycles. The fraction of sp³-hybridized carbons (Fsp3) is 0.478. The van der Waals surface area contributed by atoms with Gasteiger partial charge in [-0.05, 0) is 32.3 Å². The Balaban J connectivity index is 1.78. The Bertz CT molecular complexity index is 1320. The molecule has 1 aliphatic carbocycles. The largest absolute Gasteiger partial charge is 0.494 e. The molecule has 0 spiro atoms. The van der Waals surface area contributed by atoms with Gasteiger partial charge in [-0.2, -0.15) is 26.3 Å². The number of pyridine rings is 1. The van der Waals surface area contributed by atoms with Crippen LogP contribution in [0.3, 0.4) is 0 Å². The molecule has 206 valence electrons. The number of nitrogens with one attached hydrogen (secondary N) is 1. The van der Waals surface area contributed by atoms with Crippen molar-refractivity contribution in [3.05, 3.63) is 36.5 Å². The number of aromatic nitrogens is 4. The second kappa shape index (κ2) is 9.83. The quantitative estimate of drug-likeness (QED) is 0.423. The zero-order chi connectivity index (χ0) is 27.9. The van der Waals surface area contributed by atoms with E-state index >= 15 is 0 Å². The Morgan fingerprint density at radius 1 is 1.18 bits per heavy atom. The Morgan fingerprint density at radius 3 is 2.42 bits per heavy atom. The molecule has 38 heavy (non-hydrogen) atoms. The van der Waals surface area contributed by atoms with E-state index in [2.05, 4.69) is 15.0 Å². The first-order chi connectivity index (χ1) is 17.8. The number of urea groups is 1. The monoisotopic (exact) mass is 546 g/mol. The third kappa shape index (κ3) is 4.76. The molecule has 9 nitrogen and oxygen atoms in total. The van der Waals surface area contributed by atoms with Crippen molar-refractivity contribution in [3.8, 4) is 22.9 Å². The molecule has 3 heterocycles. The molecule has 1 saturated carbocycles. The summed E-state index contributed by atoms with van der Waals surface area (Å²) in [5.41, 5.74) is -2.60. The van der Waals surface area contributed by atoms with Gasteiger partial charge in [-0.15, -0.1) is 0 Å². The summed E-state index contributed by atoms with van der Waals surface area (Å²) in [5, 5.41) is 1.81. The zero-order valence-corrected chi connectivity index (χ0v) is 20.5. The summed E-state index contributed by atoms with van der Waals surface area (Å²) in [6.45, 7) is 0.698. The molecule has 0 aromatic carbocycles. The van der Waals surface area contributed by atoms with Crippen LogP contribution in [0.2, 0.25) is 0 Å². The predicted molar refractivity (Wildman–Crippen MR) is 122 cm³/mol. The topological polar surface area (TPSA) is 93.9 Å². The van der Waals surface area contributed by atoms with E-state index < -0.39 is 55.0 Å². The molecule has 0 saturated heterocycles. The van der Waals surface area contributed by atoms with E-state index in [1.54, 1.807) is 10.6 Å². The van der Waals surface area contributed by atoms with Gasteiger partial charge in [-0.3, -0.25) is 4.98 Å². The van der Waals surface area contributed by atoms with Gasteiger partial charge in [0.05, 0.1) is 31.8 Å². The van der Waals surface area contributed by atoms with Gasteiger partial charge in [0, 0.05) is 30.7 Å². The van der Waals surface area contributed by atoms with E-state index in [4.69, 9.17) is 9.47 Å². The Morgan fingerprint density at radius 2 is 1.89 bits per heavy atom. The van der Waals surface area contributed by atoms with Gasteiger partial charge in [0.2, 0.25) is 0 Å². The number of hydrogen-bond acceptors (Lipinski definition) is 6. The second-order valence-electron chi connectivity index (χ2n) is 8.70. The van der Waals surface area contributed by atoms with Gasteiger partial charge < -0.3 is 24.1 Å². The maximum absolute atomic E-state index is 14.4. The summed E-state index contributed by atoms with van der Waals surface area (Å²) in [7, 11) is 2.64. The molecular formula is C23H24F6N6O3. The first-order valence-corrected chi connectivity index (χ1v) is 11.5. The summed E-state index contributed by atoms with van der Waals surface area (Å²) < 4.78 is 96.1. The molecule has 4 rings (SSSR count). The van der Waals surface area contributed by atoms with Crippen LogP contribution in [0.4, 0.5) is 31.1 Å². The number of ether oxygens (including phenoxy) is 2. The fourth-order valence-electron chi connectivity index (χ4n) is 4.37. The molecule has 1 N–H and O–H groups in total. The first-order valence-electron chi connectivity index (χ1n) is 11.5. The van der Waals surface area contributed by atoms with Gasteiger partial charge in [0.1, 0.15) is 11.3 Å². The van der Waals surface area contributed by atoms with Crippen LogP contribution in [0.1, 0.15) is 37.9 Å². The number of fused-ring (bicyclic) bond motifs is 1. The van der Waals surface area contributed by atoms with Gasteiger partial charge >= 0.3 is 18.4 Å². The number of amides is 2. The second-order valence-corrected chi connectivity index (χ2v) is 8.70. The molecule has 2 amide bonds. The molecule has 1 aliphatic rings. The van der Waals surface area contributed by atoms with Gasteiger partial charge in [0.25, 0.3) is 5.88 Å². The average Bonchev–Trinajstić information content (AvgIpc) is 3.30. The number of alkyl halides is 6. The number of carbonyl (C=O) groups is 1. The molecule has 15 heteroatoms. The highest BCUT2D eigenvalue weighted by Crippen LogP contribution is 2.46. The lowest BCUT2D eigenvalue weighted by Gasteiger charge is -2.45. The molecular weight excluding hydrogens is 522 g/mol. The summed E-state index contributed by atoms with van der Waals surface area (Å²) in [6, 6.07) is -3.10. The van der Waals surface area contributed by atoms with Gasteiger partial charge in [-0.1, -0.05) is 0 Å². The van der Waals surface area contributed by atoms with Crippen LogP contribution in [-0.2, 0) is 0 Å². The number of rotatable bonds is 7. The van der Waals surface area contributed by atoms with E-state index in [-0.39, 0.29) is 34.2 Å². The number of methoxy groups -OCH3 is 2. The van der Waals surface area contributed by atoms with Crippen LogP contribution in [0, 0.1) is 0 Å². The summed E-state index contributed by atoms with van der Waals surface area (Å²) in [5.74, 6) is 0.162. The van der Waals surface area contributed by atoms with Crippen LogP contribution >= 0.6 is 0 Å². The highest BCUT2D eigenvalue weighted by atomic mass is 19.4. The third-order valence-electron chi connectivity index (χ3n) is 6.52. The molecule has 1 unspecified atom stereocenters. The lowest BCUT2D eigenvalue weighted by molar-refractivity contribution is -0.216. The summed E-state index contributed by atoms with van der Waals surface area (Å²) >= 11 is 0. The highest BCUT2D eigenvalue weighted by Gasteiger charge is 2.60. The van der Waals surface area contributed by atoms with Crippen molar-refractivity contribution in [2.24, 2.45) is 0 Å².